The van der Waals surface area contributed by atoms with E-state index >= 15 is 0 Å². The maximum Gasteiger partial charge on any atom is 0.255 e. The highest BCUT2D eigenvalue weighted by Gasteiger charge is 2.19. The third kappa shape index (κ3) is 4.02. The van der Waals surface area contributed by atoms with Gasteiger partial charge in [0.1, 0.15) is 0 Å². The number of carbonyl (C=O) groups excluding carboxylic acids is 1. The van der Waals surface area contributed by atoms with Gasteiger partial charge in [-0.2, -0.15) is 5.10 Å². The first kappa shape index (κ1) is 17.9. The summed E-state index contributed by atoms with van der Waals surface area (Å²) in [6.07, 6.45) is 0. The number of nitrogens with one attached hydrogen (secondary N) is 1. The zero-order valence-electron chi connectivity index (χ0n) is 15.6. The lowest BCUT2D eigenvalue weighted by Crippen LogP contribution is -2.28. The number of nitrogens with zero attached hydrogens (tertiary/aromatic N) is 2. The molecule has 1 atom stereocenters. The van der Waals surface area contributed by atoms with E-state index in [1.54, 1.807) is 0 Å². The number of carbonyl (C=O) groups is 1. The average molecular weight is 347 g/mol. The van der Waals surface area contributed by atoms with Crippen LogP contribution in [0.4, 0.5) is 0 Å². The number of amides is 1. The van der Waals surface area contributed by atoms with Gasteiger partial charge in [-0.25, -0.2) is 0 Å². The van der Waals surface area contributed by atoms with E-state index in [-0.39, 0.29) is 11.8 Å². The zero-order chi connectivity index (χ0) is 18.5. The Morgan fingerprint density at radius 3 is 2.31 bits per heavy atom. The average Bonchev–Trinajstić information content (AvgIpc) is 2.94. The minimum absolute atomic E-state index is 0.0536. The first-order valence-corrected chi connectivity index (χ1v) is 8.97. The van der Waals surface area contributed by atoms with Crippen molar-refractivity contribution >= 4 is 5.91 Å². The smallest absolute Gasteiger partial charge is 0.255 e. The standard InChI is InChI=1S/C22H25N3O/c1-16(20-12-8-5-9-13-20)14-23-22(26)21-17(2)24-25(18(21)3)15-19-10-6-4-7-11-19/h4-13,16H,14-15H2,1-3H3,(H,23,26). The summed E-state index contributed by atoms with van der Waals surface area (Å²) in [5.41, 5.74) is 4.74. The van der Waals surface area contributed by atoms with Crippen molar-refractivity contribution < 1.29 is 4.79 Å². The van der Waals surface area contributed by atoms with E-state index in [4.69, 9.17) is 0 Å². The summed E-state index contributed by atoms with van der Waals surface area (Å²) in [7, 11) is 0. The first-order valence-electron chi connectivity index (χ1n) is 8.97. The number of hydrogen-bond donors (Lipinski definition) is 1. The predicted molar refractivity (Wildman–Crippen MR) is 104 cm³/mol. The van der Waals surface area contributed by atoms with Gasteiger partial charge >= 0.3 is 0 Å². The molecular formula is C22H25N3O. The third-order valence-corrected chi connectivity index (χ3v) is 4.72. The number of hydrogen-bond acceptors (Lipinski definition) is 2. The Hall–Kier alpha value is -2.88. The summed E-state index contributed by atoms with van der Waals surface area (Å²) >= 11 is 0. The van der Waals surface area contributed by atoms with Crippen LogP contribution in [0, 0.1) is 13.8 Å². The van der Waals surface area contributed by atoms with Gasteiger partial charge in [-0.1, -0.05) is 67.6 Å². The Bertz CT molecular complexity index is 869. The van der Waals surface area contributed by atoms with Gasteiger partial charge in [0.25, 0.3) is 5.91 Å². The largest absolute Gasteiger partial charge is 0.351 e. The summed E-state index contributed by atoms with van der Waals surface area (Å²) in [6, 6.07) is 20.4. The lowest BCUT2D eigenvalue weighted by molar-refractivity contribution is 0.0950. The maximum atomic E-state index is 12.7. The van der Waals surface area contributed by atoms with Gasteiger partial charge in [-0.3, -0.25) is 9.48 Å². The Balaban J connectivity index is 1.69. The van der Waals surface area contributed by atoms with Gasteiger partial charge in [0, 0.05) is 12.2 Å². The Kier molecular flexibility index (Phi) is 5.52. The van der Waals surface area contributed by atoms with Crippen LogP contribution in [0.5, 0.6) is 0 Å². The highest BCUT2D eigenvalue weighted by atomic mass is 16.1. The second-order valence-corrected chi connectivity index (χ2v) is 6.71. The highest BCUT2D eigenvalue weighted by Crippen LogP contribution is 2.17. The molecule has 4 nitrogen and oxygen atoms in total. The molecule has 4 heteroatoms. The number of aryl methyl sites for hydroxylation is 1. The van der Waals surface area contributed by atoms with Crippen LogP contribution in [0.25, 0.3) is 0 Å². The fourth-order valence-electron chi connectivity index (χ4n) is 3.17. The molecule has 134 valence electrons. The van der Waals surface area contributed by atoms with Gasteiger partial charge in [0.15, 0.2) is 0 Å². The van der Waals surface area contributed by atoms with Crippen molar-refractivity contribution in [3.05, 3.63) is 88.7 Å². The van der Waals surface area contributed by atoms with Crippen molar-refractivity contribution in [3.63, 3.8) is 0 Å². The van der Waals surface area contributed by atoms with Crippen molar-refractivity contribution in [2.45, 2.75) is 33.2 Å². The van der Waals surface area contributed by atoms with E-state index in [0.717, 1.165) is 11.4 Å². The fraction of sp³-hybridized carbons (Fsp3) is 0.273. The first-order chi connectivity index (χ1) is 12.6. The quantitative estimate of drug-likeness (QED) is 0.730. The third-order valence-electron chi connectivity index (χ3n) is 4.72. The molecule has 0 fully saturated rings. The normalized spacial score (nSPS) is 12.0. The molecule has 0 bridgehead atoms. The van der Waals surface area contributed by atoms with Crippen LogP contribution in [0.15, 0.2) is 60.7 Å². The lowest BCUT2D eigenvalue weighted by Gasteiger charge is -2.13. The maximum absolute atomic E-state index is 12.7. The second-order valence-electron chi connectivity index (χ2n) is 6.71. The van der Waals surface area contributed by atoms with Gasteiger partial charge < -0.3 is 5.32 Å². The van der Waals surface area contributed by atoms with Crippen molar-refractivity contribution in [2.75, 3.05) is 6.54 Å². The molecule has 26 heavy (non-hydrogen) atoms. The summed E-state index contributed by atoms with van der Waals surface area (Å²) in [6.45, 7) is 7.24. The SMILES string of the molecule is Cc1nn(Cc2ccccc2)c(C)c1C(=O)NCC(C)c1ccccc1. The number of benzene rings is 2. The summed E-state index contributed by atoms with van der Waals surface area (Å²) in [5, 5.41) is 7.63. The molecule has 0 saturated carbocycles. The molecule has 0 aliphatic rings. The molecule has 3 rings (SSSR count). The van der Waals surface area contributed by atoms with Crippen molar-refractivity contribution in [1.82, 2.24) is 15.1 Å². The van der Waals surface area contributed by atoms with Crippen LogP contribution in [-0.4, -0.2) is 22.2 Å². The van der Waals surface area contributed by atoms with Crippen LogP contribution >= 0.6 is 0 Å². The number of rotatable bonds is 6. The Morgan fingerprint density at radius 1 is 1.04 bits per heavy atom. The van der Waals surface area contributed by atoms with Crippen molar-refractivity contribution in [3.8, 4) is 0 Å². The van der Waals surface area contributed by atoms with Gasteiger partial charge in [0.2, 0.25) is 0 Å². The molecule has 0 spiro atoms. The lowest BCUT2D eigenvalue weighted by atomic mass is 10.0. The number of aromatic nitrogens is 2. The minimum Gasteiger partial charge on any atom is -0.351 e. The molecule has 1 amide bonds. The summed E-state index contributed by atoms with van der Waals surface area (Å²) in [4.78, 5) is 12.7. The fourth-order valence-corrected chi connectivity index (χ4v) is 3.17. The molecule has 3 aromatic rings. The van der Waals surface area contributed by atoms with Crippen LogP contribution in [0.1, 0.15) is 45.7 Å². The van der Waals surface area contributed by atoms with Gasteiger partial charge in [-0.05, 0) is 30.9 Å². The zero-order valence-corrected chi connectivity index (χ0v) is 15.6. The molecule has 0 radical (unpaired) electrons. The van der Waals surface area contributed by atoms with Gasteiger partial charge in [-0.15, -0.1) is 0 Å². The summed E-state index contributed by atoms with van der Waals surface area (Å²) < 4.78 is 1.90. The molecule has 1 heterocycles. The van der Waals surface area contributed by atoms with Gasteiger partial charge in [0.05, 0.1) is 17.8 Å². The Labute approximate surface area is 154 Å². The Morgan fingerprint density at radius 2 is 1.65 bits per heavy atom. The molecule has 1 unspecified atom stereocenters. The second kappa shape index (κ2) is 8.00. The minimum atomic E-state index is -0.0536. The molecular weight excluding hydrogens is 322 g/mol. The molecule has 1 aromatic heterocycles. The molecule has 0 aliphatic heterocycles. The molecule has 0 saturated heterocycles. The predicted octanol–water partition coefficient (Wildman–Crippen LogP) is 4.08. The summed E-state index contributed by atoms with van der Waals surface area (Å²) in [5.74, 6) is 0.210. The topological polar surface area (TPSA) is 46.9 Å². The molecule has 1 N–H and O–H groups in total. The van der Waals surface area contributed by atoms with E-state index in [1.807, 2.05) is 54.9 Å². The van der Waals surface area contributed by atoms with Crippen LogP contribution < -0.4 is 5.32 Å². The van der Waals surface area contributed by atoms with E-state index in [9.17, 15) is 4.79 Å². The van der Waals surface area contributed by atoms with Crippen LogP contribution in [0.2, 0.25) is 0 Å². The van der Waals surface area contributed by atoms with E-state index in [1.165, 1.54) is 11.1 Å². The highest BCUT2D eigenvalue weighted by molar-refractivity contribution is 5.96. The van der Waals surface area contributed by atoms with E-state index in [2.05, 4.69) is 41.6 Å². The molecule has 0 aliphatic carbocycles. The van der Waals surface area contributed by atoms with Crippen molar-refractivity contribution in [2.24, 2.45) is 0 Å². The monoisotopic (exact) mass is 347 g/mol. The molecule has 2 aromatic carbocycles. The van der Waals surface area contributed by atoms with Crippen molar-refractivity contribution in [1.29, 1.82) is 0 Å². The van der Waals surface area contributed by atoms with Crippen LogP contribution in [-0.2, 0) is 6.54 Å². The van der Waals surface area contributed by atoms with E-state index in [0.29, 0.717) is 18.7 Å². The van der Waals surface area contributed by atoms with E-state index < -0.39 is 0 Å². The van der Waals surface area contributed by atoms with Crippen LogP contribution in [0.3, 0.4) is 0 Å².